The van der Waals surface area contributed by atoms with Crippen molar-refractivity contribution >= 4 is 38.8 Å². The lowest BCUT2D eigenvalue weighted by atomic mass is 10.1. The van der Waals surface area contributed by atoms with E-state index in [0.29, 0.717) is 11.0 Å². The number of hydrogen-bond donors (Lipinski definition) is 2. The molecule has 2 rings (SSSR count). The van der Waals surface area contributed by atoms with Crippen LogP contribution >= 0.6 is 28.1 Å². The summed E-state index contributed by atoms with van der Waals surface area (Å²) in [5.41, 5.74) is 8.97. The normalized spacial score (nSPS) is 11.9. The Morgan fingerprint density at radius 3 is 2.57 bits per heavy atom. The summed E-state index contributed by atoms with van der Waals surface area (Å²) in [5.74, 6) is 0. The van der Waals surface area contributed by atoms with E-state index in [1.54, 1.807) is 0 Å². The number of nitrogens with one attached hydrogen (secondary N) is 1. The average molecular weight is 363 g/mol. The average Bonchev–Trinajstić information content (AvgIpc) is 2.46. The van der Waals surface area contributed by atoms with Crippen molar-refractivity contribution in [3.63, 3.8) is 0 Å². The zero-order valence-electron chi connectivity index (χ0n) is 12.0. The molecular weight excluding hydrogens is 344 g/mol. The monoisotopic (exact) mass is 362 g/mol. The van der Waals surface area contributed by atoms with Crippen LogP contribution in [0.15, 0.2) is 53.0 Å². The largest absolute Gasteiger partial charge is 0.389 e. The minimum atomic E-state index is 0.396. The first-order valence-electron chi connectivity index (χ1n) is 6.96. The topological polar surface area (TPSA) is 38.0 Å². The second-order valence-corrected chi connectivity index (χ2v) is 6.42. The lowest BCUT2D eigenvalue weighted by Crippen LogP contribution is -2.16. The molecule has 0 aliphatic rings. The van der Waals surface area contributed by atoms with Gasteiger partial charge in [0.15, 0.2) is 0 Å². The molecule has 0 aliphatic heterocycles. The number of thiocarbonyl (C=S) groups is 1. The fourth-order valence-electron chi connectivity index (χ4n) is 2.19. The van der Waals surface area contributed by atoms with Crippen molar-refractivity contribution in [3.05, 3.63) is 64.1 Å². The molecule has 0 bridgehead atoms. The van der Waals surface area contributed by atoms with E-state index in [4.69, 9.17) is 18.0 Å². The molecule has 0 amide bonds. The Balaban J connectivity index is 1.92. The molecule has 0 radical (unpaired) electrons. The lowest BCUT2D eigenvalue weighted by molar-refractivity contribution is 0.706. The van der Waals surface area contributed by atoms with E-state index in [9.17, 15) is 0 Å². The summed E-state index contributed by atoms with van der Waals surface area (Å²) in [7, 11) is 0. The van der Waals surface area contributed by atoms with Crippen molar-refractivity contribution in [2.45, 2.75) is 25.8 Å². The van der Waals surface area contributed by atoms with E-state index in [1.807, 2.05) is 24.3 Å². The highest BCUT2D eigenvalue weighted by atomic mass is 79.9. The SMILES string of the molecule is CC(CCc1ccccc1)Nc1ccc(C(N)=S)c(Br)c1. The Hall–Kier alpha value is -1.39. The summed E-state index contributed by atoms with van der Waals surface area (Å²) in [6.07, 6.45) is 2.15. The molecule has 2 aromatic carbocycles. The summed E-state index contributed by atoms with van der Waals surface area (Å²) in [6.45, 7) is 2.19. The van der Waals surface area contributed by atoms with Crippen molar-refractivity contribution < 1.29 is 0 Å². The smallest absolute Gasteiger partial charge is 0.105 e. The fraction of sp³-hybridized carbons (Fsp3) is 0.235. The third-order valence-electron chi connectivity index (χ3n) is 3.36. The van der Waals surface area contributed by atoms with Crippen LogP contribution in [0.3, 0.4) is 0 Å². The van der Waals surface area contributed by atoms with Crippen LogP contribution < -0.4 is 11.1 Å². The molecule has 0 aromatic heterocycles. The molecule has 110 valence electrons. The molecule has 0 fully saturated rings. The molecular formula is C17H19BrN2S. The first-order chi connectivity index (χ1) is 10.1. The molecule has 4 heteroatoms. The zero-order valence-corrected chi connectivity index (χ0v) is 14.4. The second kappa shape index (κ2) is 7.57. The number of benzene rings is 2. The van der Waals surface area contributed by atoms with Gasteiger partial charge in [0.25, 0.3) is 0 Å². The van der Waals surface area contributed by atoms with Gasteiger partial charge in [-0.2, -0.15) is 0 Å². The Bertz CT molecular complexity index is 613. The third kappa shape index (κ3) is 4.83. The lowest BCUT2D eigenvalue weighted by Gasteiger charge is -2.16. The summed E-state index contributed by atoms with van der Waals surface area (Å²) in [5, 5.41) is 3.51. The van der Waals surface area contributed by atoms with Crippen molar-refractivity contribution in [1.29, 1.82) is 0 Å². The summed E-state index contributed by atoms with van der Waals surface area (Å²) in [4.78, 5) is 0.408. The first kappa shape index (κ1) is 16.0. The molecule has 1 unspecified atom stereocenters. The van der Waals surface area contributed by atoms with Crippen LogP contribution in [0.4, 0.5) is 5.69 Å². The van der Waals surface area contributed by atoms with E-state index in [0.717, 1.165) is 28.6 Å². The van der Waals surface area contributed by atoms with Crippen LogP contribution in [0.25, 0.3) is 0 Å². The predicted octanol–water partition coefficient (Wildman–Crippen LogP) is 4.52. The molecule has 3 N–H and O–H groups in total. The summed E-state index contributed by atoms with van der Waals surface area (Å²) >= 11 is 8.51. The molecule has 2 aromatic rings. The predicted molar refractivity (Wildman–Crippen MR) is 97.9 cm³/mol. The highest BCUT2D eigenvalue weighted by Crippen LogP contribution is 2.22. The van der Waals surface area contributed by atoms with Gasteiger partial charge in [0.1, 0.15) is 4.99 Å². The molecule has 1 atom stereocenters. The van der Waals surface area contributed by atoms with Crippen LogP contribution in [0.2, 0.25) is 0 Å². The highest BCUT2D eigenvalue weighted by Gasteiger charge is 2.06. The van der Waals surface area contributed by atoms with Gasteiger partial charge in [-0.25, -0.2) is 0 Å². The summed E-state index contributed by atoms with van der Waals surface area (Å²) in [6, 6.07) is 16.9. The van der Waals surface area contributed by atoms with Crippen LogP contribution in [0, 0.1) is 0 Å². The maximum Gasteiger partial charge on any atom is 0.105 e. The van der Waals surface area contributed by atoms with Gasteiger partial charge in [-0.1, -0.05) is 42.5 Å². The Morgan fingerprint density at radius 2 is 1.95 bits per heavy atom. The quantitative estimate of drug-likeness (QED) is 0.742. The van der Waals surface area contributed by atoms with Gasteiger partial charge in [0.2, 0.25) is 0 Å². The minimum absolute atomic E-state index is 0.396. The third-order valence-corrected chi connectivity index (χ3v) is 4.23. The standard InChI is InChI=1S/C17H19BrN2S/c1-12(7-8-13-5-3-2-4-6-13)20-14-9-10-15(17(19)21)16(18)11-14/h2-6,9-12,20H,7-8H2,1H3,(H2,19,21). The van der Waals surface area contributed by atoms with Gasteiger partial charge in [-0.15, -0.1) is 0 Å². The zero-order chi connectivity index (χ0) is 15.2. The molecule has 0 saturated heterocycles. The molecule has 21 heavy (non-hydrogen) atoms. The molecule has 0 saturated carbocycles. The number of anilines is 1. The number of hydrogen-bond acceptors (Lipinski definition) is 2. The molecule has 0 spiro atoms. The maximum atomic E-state index is 5.66. The van der Waals surface area contributed by atoms with Crippen LogP contribution in [0.5, 0.6) is 0 Å². The van der Waals surface area contributed by atoms with Gasteiger partial charge >= 0.3 is 0 Å². The van der Waals surface area contributed by atoms with Crippen molar-refractivity contribution in [2.24, 2.45) is 5.73 Å². The number of rotatable bonds is 6. The van der Waals surface area contributed by atoms with Crippen molar-refractivity contribution in [1.82, 2.24) is 0 Å². The van der Waals surface area contributed by atoms with Gasteiger partial charge in [-0.3, -0.25) is 0 Å². The van der Waals surface area contributed by atoms with E-state index >= 15 is 0 Å². The summed E-state index contributed by atoms with van der Waals surface area (Å²) < 4.78 is 0.926. The van der Waals surface area contributed by atoms with Crippen molar-refractivity contribution in [3.8, 4) is 0 Å². The number of nitrogens with two attached hydrogens (primary N) is 1. The fourth-order valence-corrected chi connectivity index (χ4v) is 3.09. The minimum Gasteiger partial charge on any atom is -0.389 e. The Labute approximate surface area is 139 Å². The van der Waals surface area contributed by atoms with Gasteiger partial charge in [0, 0.05) is 21.8 Å². The van der Waals surface area contributed by atoms with Gasteiger partial charge < -0.3 is 11.1 Å². The van der Waals surface area contributed by atoms with E-state index < -0.39 is 0 Å². The number of halogens is 1. The van der Waals surface area contributed by atoms with Crippen LogP contribution in [-0.4, -0.2) is 11.0 Å². The number of aryl methyl sites for hydroxylation is 1. The second-order valence-electron chi connectivity index (χ2n) is 5.13. The Kier molecular flexibility index (Phi) is 5.76. The van der Waals surface area contributed by atoms with E-state index in [1.165, 1.54) is 5.56 Å². The maximum absolute atomic E-state index is 5.66. The van der Waals surface area contributed by atoms with Crippen molar-refractivity contribution in [2.75, 3.05) is 5.32 Å². The van der Waals surface area contributed by atoms with Crippen LogP contribution in [-0.2, 0) is 6.42 Å². The Morgan fingerprint density at radius 1 is 1.24 bits per heavy atom. The van der Waals surface area contributed by atoms with Crippen LogP contribution in [0.1, 0.15) is 24.5 Å². The van der Waals surface area contributed by atoms with E-state index in [-0.39, 0.29) is 0 Å². The molecule has 0 heterocycles. The molecule has 0 aliphatic carbocycles. The molecule has 2 nitrogen and oxygen atoms in total. The first-order valence-corrected chi connectivity index (χ1v) is 8.16. The van der Waals surface area contributed by atoms with Gasteiger partial charge in [0.05, 0.1) is 0 Å². The van der Waals surface area contributed by atoms with Gasteiger partial charge in [-0.05, 0) is 59.5 Å². The van der Waals surface area contributed by atoms with E-state index in [2.05, 4.69) is 52.4 Å². The highest BCUT2D eigenvalue weighted by molar-refractivity contribution is 9.10.